The Balaban J connectivity index is 1.34. The van der Waals surface area contributed by atoms with Crippen molar-refractivity contribution in [3.05, 3.63) is 135 Å². The number of anilines is 2. The van der Waals surface area contributed by atoms with Crippen LogP contribution in [0, 0.1) is 23.7 Å². The highest BCUT2D eigenvalue weighted by atomic mass is 79.9. The number of benzene rings is 4. The Morgan fingerprint density at radius 3 is 2.26 bits per heavy atom. The first-order valence-electron chi connectivity index (χ1n) is 16.4. The van der Waals surface area contributed by atoms with Crippen molar-refractivity contribution >= 4 is 68.3 Å². The normalized spacial score (nSPS) is 27.2. The van der Waals surface area contributed by atoms with Gasteiger partial charge in [-0.15, -0.1) is 0 Å². The van der Waals surface area contributed by atoms with Crippen LogP contribution in [0.1, 0.15) is 47.2 Å². The van der Waals surface area contributed by atoms with Gasteiger partial charge in [0.05, 0.1) is 34.5 Å². The van der Waals surface area contributed by atoms with Crippen LogP contribution >= 0.6 is 27.5 Å². The van der Waals surface area contributed by atoms with Gasteiger partial charge in [0.1, 0.15) is 5.75 Å². The molecule has 8 rings (SSSR count). The Bertz CT molecular complexity index is 2170. The number of hydrogen-bond acceptors (Lipinski definition) is 6. The summed E-state index contributed by atoms with van der Waals surface area (Å²) in [6.45, 7) is 1.45. The number of amides is 4. The third-order valence-corrected chi connectivity index (χ3v) is 11.7. The van der Waals surface area contributed by atoms with Gasteiger partial charge in [0, 0.05) is 26.5 Å². The molecule has 1 saturated carbocycles. The summed E-state index contributed by atoms with van der Waals surface area (Å²) in [5.74, 6) is -5.70. The minimum Gasteiger partial charge on any atom is -0.508 e. The lowest BCUT2D eigenvalue weighted by atomic mass is 9.49. The van der Waals surface area contributed by atoms with E-state index in [1.54, 1.807) is 66.7 Å². The van der Waals surface area contributed by atoms with Gasteiger partial charge in [-0.2, -0.15) is 0 Å². The molecule has 250 valence electrons. The molecule has 4 aliphatic rings. The zero-order chi connectivity index (χ0) is 35.1. The van der Waals surface area contributed by atoms with Crippen LogP contribution < -0.4 is 9.80 Å². The molecule has 3 fully saturated rings. The highest BCUT2D eigenvalue weighted by molar-refractivity contribution is 9.10. The van der Waals surface area contributed by atoms with E-state index in [1.807, 2.05) is 36.4 Å². The lowest BCUT2D eigenvalue weighted by molar-refractivity contribution is -0.127. The van der Waals surface area contributed by atoms with Crippen molar-refractivity contribution in [3.63, 3.8) is 0 Å². The van der Waals surface area contributed by atoms with Gasteiger partial charge >= 0.3 is 0 Å². The van der Waals surface area contributed by atoms with E-state index < -0.39 is 46.8 Å². The number of allylic oxidation sites excluding steroid dienone is 2. The molecule has 10 heteroatoms. The average molecular weight is 750 g/mol. The summed E-state index contributed by atoms with van der Waals surface area (Å²) in [6, 6.07) is 27.2. The van der Waals surface area contributed by atoms with Crippen LogP contribution in [-0.4, -0.2) is 34.5 Å². The lowest BCUT2D eigenvalue weighted by Crippen LogP contribution is -2.53. The van der Waals surface area contributed by atoms with Crippen LogP contribution in [-0.2, 0) is 24.6 Å². The first-order chi connectivity index (χ1) is 24.0. The molecule has 6 unspecified atom stereocenters. The predicted octanol–water partition coefficient (Wildman–Crippen LogP) is 7.38. The summed E-state index contributed by atoms with van der Waals surface area (Å²) in [5, 5.41) is 11.9. The molecule has 4 aromatic carbocycles. The zero-order valence-corrected chi connectivity index (χ0v) is 29.1. The molecule has 2 aliphatic heterocycles. The van der Waals surface area contributed by atoms with E-state index in [4.69, 9.17) is 11.6 Å². The Kier molecular flexibility index (Phi) is 7.69. The van der Waals surface area contributed by atoms with Crippen molar-refractivity contribution in [2.75, 3.05) is 9.80 Å². The Morgan fingerprint density at radius 2 is 1.56 bits per heavy atom. The van der Waals surface area contributed by atoms with Gasteiger partial charge < -0.3 is 5.11 Å². The summed E-state index contributed by atoms with van der Waals surface area (Å²) in [4.78, 5) is 72.9. The fraction of sp³-hybridized carbons (Fsp3) is 0.225. The molecule has 1 N–H and O–H groups in total. The van der Waals surface area contributed by atoms with Crippen molar-refractivity contribution in [2.45, 2.75) is 31.1 Å². The van der Waals surface area contributed by atoms with E-state index in [9.17, 15) is 24.3 Å². The number of halogens is 2. The maximum Gasteiger partial charge on any atom is 0.246 e. The van der Waals surface area contributed by atoms with Crippen molar-refractivity contribution < 1.29 is 29.1 Å². The first kappa shape index (κ1) is 32.4. The molecule has 8 nitrogen and oxygen atoms in total. The van der Waals surface area contributed by atoms with Gasteiger partial charge in [-0.05, 0) is 91.9 Å². The summed E-state index contributed by atoms with van der Waals surface area (Å²) < 4.78 is 0.664. The van der Waals surface area contributed by atoms with Gasteiger partial charge in [0.2, 0.25) is 23.6 Å². The number of Topliss-reactive ketones (excluding diaryl/α,β-unsaturated/α-hetero) is 1. The highest BCUT2D eigenvalue weighted by Crippen LogP contribution is 2.65. The third kappa shape index (κ3) is 4.59. The Labute approximate surface area is 301 Å². The van der Waals surface area contributed by atoms with E-state index >= 15 is 4.79 Å². The number of phenols is 1. The maximum absolute atomic E-state index is 15.3. The topological polar surface area (TPSA) is 112 Å². The molecular formula is C40H30BrClN2O6. The molecule has 0 spiro atoms. The fourth-order valence-electron chi connectivity index (χ4n) is 8.94. The summed E-state index contributed by atoms with van der Waals surface area (Å²) in [5.41, 5.74) is 1.45. The number of ketones is 1. The second kappa shape index (κ2) is 11.9. The minimum absolute atomic E-state index is 0.0570. The van der Waals surface area contributed by atoms with E-state index in [1.165, 1.54) is 16.7 Å². The molecule has 0 radical (unpaired) electrons. The molecular weight excluding hydrogens is 720 g/mol. The van der Waals surface area contributed by atoms with Crippen molar-refractivity contribution in [1.82, 2.24) is 0 Å². The number of imide groups is 2. The first-order valence-corrected chi connectivity index (χ1v) is 17.6. The standard InChI is InChI=1S/C40H30BrClN2O6/c1-21(45)22-10-13-26(14-11-22)43-36(47)29-16-15-28-30(34(29)38(43)49)20-32-37(48)44(27-9-5-8-25(42)19-27)39(50)40(32,23-6-3-2-4-7-23)35(28)31-18-24(41)12-17-33(31)46/h2-15,17-19,29-30,32,34-35,46H,16,20H2,1H3. The number of hydrogen-bond donors (Lipinski definition) is 1. The van der Waals surface area contributed by atoms with E-state index in [0.717, 1.165) is 5.57 Å². The number of carbonyl (C=O) groups excluding carboxylic acids is 5. The van der Waals surface area contributed by atoms with Crippen LogP contribution in [0.2, 0.25) is 5.02 Å². The number of phenolic OH excluding ortho intramolecular Hbond substituents is 1. The van der Waals surface area contributed by atoms with Gasteiger partial charge in [0.25, 0.3) is 0 Å². The minimum atomic E-state index is -1.50. The van der Waals surface area contributed by atoms with Crippen LogP contribution in [0.5, 0.6) is 5.75 Å². The SMILES string of the molecule is CC(=O)c1ccc(N2C(=O)C3CC=C4C(CC5C(=O)N(c6cccc(Cl)c6)C(=O)C5(c5ccccc5)C4c4cc(Br)ccc4O)C3C2=O)cc1. The quantitative estimate of drug-likeness (QED) is 0.130. The van der Waals surface area contributed by atoms with Crippen molar-refractivity contribution in [1.29, 1.82) is 0 Å². The molecule has 6 atom stereocenters. The van der Waals surface area contributed by atoms with Crippen LogP contribution in [0.15, 0.2) is 113 Å². The average Bonchev–Trinajstić information content (AvgIpc) is 3.50. The summed E-state index contributed by atoms with van der Waals surface area (Å²) in [6.07, 6.45) is 2.32. The van der Waals surface area contributed by atoms with Crippen molar-refractivity contribution in [3.8, 4) is 5.75 Å². The van der Waals surface area contributed by atoms with Gasteiger partial charge in [-0.25, -0.2) is 4.90 Å². The van der Waals surface area contributed by atoms with Crippen molar-refractivity contribution in [2.24, 2.45) is 23.7 Å². The van der Waals surface area contributed by atoms with Gasteiger partial charge in [0.15, 0.2) is 5.78 Å². The monoisotopic (exact) mass is 748 g/mol. The highest BCUT2D eigenvalue weighted by Gasteiger charge is 2.70. The summed E-state index contributed by atoms with van der Waals surface area (Å²) >= 11 is 9.93. The van der Waals surface area contributed by atoms with Crippen LogP contribution in [0.3, 0.4) is 0 Å². The molecule has 4 amide bonds. The molecule has 4 aromatic rings. The second-order valence-electron chi connectivity index (χ2n) is 13.4. The van der Waals surface area contributed by atoms with Crippen LogP contribution in [0.25, 0.3) is 0 Å². The second-order valence-corrected chi connectivity index (χ2v) is 14.8. The molecule has 0 aromatic heterocycles. The predicted molar refractivity (Wildman–Crippen MR) is 191 cm³/mol. The number of rotatable bonds is 5. The molecule has 2 aliphatic carbocycles. The van der Waals surface area contributed by atoms with Gasteiger partial charge in [-0.1, -0.05) is 75.6 Å². The van der Waals surface area contributed by atoms with E-state index in [0.29, 0.717) is 37.6 Å². The third-order valence-electron chi connectivity index (χ3n) is 11.0. The Morgan fingerprint density at radius 1 is 0.820 bits per heavy atom. The summed E-state index contributed by atoms with van der Waals surface area (Å²) in [7, 11) is 0. The fourth-order valence-corrected chi connectivity index (χ4v) is 9.51. The number of fused-ring (bicyclic) bond motifs is 4. The largest absolute Gasteiger partial charge is 0.508 e. The smallest absolute Gasteiger partial charge is 0.246 e. The van der Waals surface area contributed by atoms with E-state index in [2.05, 4.69) is 15.9 Å². The molecule has 0 bridgehead atoms. The zero-order valence-electron chi connectivity index (χ0n) is 26.8. The maximum atomic E-state index is 15.3. The Hall–Kier alpha value is -4.86. The number of nitrogens with zero attached hydrogens (tertiary/aromatic N) is 2. The molecule has 2 heterocycles. The number of carbonyl (C=O) groups is 5. The van der Waals surface area contributed by atoms with E-state index in [-0.39, 0.29) is 36.2 Å². The lowest BCUT2D eigenvalue weighted by Gasteiger charge is -2.50. The molecule has 2 saturated heterocycles. The van der Waals surface area contributed by atoms with Crippen LogP contribution in [0.4, 0.5) is 11.4 Å². The van der Waals surface area contributed by atoms with Gasteiger partial charge in [-0.3, -0.25) is 28.9 Å². The molecule has 50 heavy (non-hydrogen) atoms. The number of aromatic hydroxyl groups is 1.